The number of hydrogen-bond donors (Lipinski definition) is 2. The summed E-state index contributed by atoms with van der Waals surface area (Å²) in [6, 6.07) is 13.3. The first-order valence-corrected chi connectivity index (χ1v) is 8.99. The van der Waals surface area contributed by atoms with Gasteiger partial charge in [0.15, 0.2) is 17.3 Å². The minimum atomic E-state index is -0.738. The molecular formula is C21H19N3O3. The smallest absolute Gasteiger partial charge is 0.294 e. The molecule has 136 valence electrons. The predicted octanol–water partition coefficient (Wildman–Crippen LogP) is 3.23. The molecule has 0 spiro atoms. The largest absolute Gasteiger partial charge is 0.501 e. The van der Waals surface area contributed by atoms with Gasteiger partial charge in [-0.15, -0.1) is 0 Å². The second-order valence-corrected chi connectivity index (χ2v) is 6.74. The van der Waals surface area contributed by atoms with Crippen LogP contribution in [0.3, 0.4) is 0 Å². The number of aryl methyl sites for hydroxylation is 1. The van der Waals surface area contributed by atoms with E-state index in [1.54, 1.807) is 24.4 Å². The zero-order valence-electron chi connectivity index (χ0n) is 14.7. The van der Waals surface area contributed by atoms with Crippen LogP contribution in [-0.4, -0.2) is 25.8 Å². The Morgan fingerprint density at radius 1 is 1.19 bits per heavy atom. The summed E-state index contributed by atoms with van der Waals surface area (Å²) in [6.45, 7) is 0. The predicted molar refractivity (Wildman–Crippen MR) is 101 cm³/mol. The van der Waals surface area contributed by atoms with Crippen LogP contribution in [-0.2, 0) is 6.42 Å². The number of aromatic amines is 1. The molecule has 1 atom stereocenters. The molecule has 6 nitrogen and oxygen atoms in total. The zero-order valence-corrected chi connectivity index (χ0v) is 14.7. The molecule has 0 radical (unpaired) electrons. The number of H-pyrrole nitrogens is 1. The number of Topliss-reactive ketones (excluding diaryl/α,β-unsaturated/α-hetero) is 1. The molecule has 3 aromatic rings. The highest BCUT2D eigenvalue weighted by Crippen LogP contribution is 2.35. The highest BCUT2D eigenvalue weighted by molar-refractivity contribution is 5.97. The zero-order chi connectivity index (χ0) is 18.8. The Kier molecular flexibility index (Phi) is 4.54. The minimum Gasteiger partial charge on any atom is -0.501 e. The molecule has 1 aliphatic carbocycles. The van der Waals surface area contributed by atoms with Gasteiger partial charge < -0.3 is 10.1 Å². The summed E-state index contributed by atoms with van der Waals surface area (Å²) in [4.78, 5) is 35.8. The lowest BCUT2D eigenvalue weighted by atomic mass is 9.80. The van der Waals surface area contributed by atoms with E-state index in [9.17, 15) is 14.7 Å². The molecule has 1 aliphatic rings. The maximum atomic E-state index is 12.9. The molecule has 0 amide bonds. The van der Waals surface area contributed by atoms with Crippen molar-refractivity contribution in [2.45, 2.75) is 31.6 Å². The molecule has 0 saturated heterocycles. The molecule has 0 bridgehead atoms. The number of aromatic hydroxyl groups is 1. The quantitative estimate of drug-likeness (QED) is 0.696. The molecule has 2 N–H and O–H groups in total. The number of benzene rings is 1. The summed E-state index contributed by atoms with van der Waals surface area (Å²) in [7, 11) is 0. The Balaban J connectivity index is 1.67. The van der Waals surface area contributed by atoms with Crippen LogP contribution in [0.1, 0.15) is 46.8 Å². The second kappa shape index (κ2) is 7.15. The number of hydrogen-bond acceptors (Lipinski definition) is 5. The van der Waals surface area contributed by atoms with E-state index in [4.69, 9.17) is 0 Å². The van der Waals surface area contributed by atoms with Gasteiger partial charge in [-0.1, -0.05) is 30.3 Å². The fraction of sp³-hybridized carbons (Fsp3) is 0.238. The minimum absolute atomic E-state index is 0.0706. The molecule has 6 heteroatoms. The van der Waals surface area contributed by atoms with Crippen LogP contribution in [0.25, 0.3) is 11.5 Å². The summed E-state index contributed by atoms with van der Waals surface area (Å²) in [5, 5.41) is 10.1. The van der Waals surface area contributed by atoms with Crippen LogP contribution in [0.5, 0.6) is 5.75 Å². The van der Waals surface area contributed by atoms with Crippen LogP contribution in [0.4, 0.5) is 0 Å². The van der Waals surface area contributed by atoms with Gasteiger partial charge >= 0.3 is 0 Å². The van der Waals surface area contributed by atoms with E-state index in [-0.39, 0.29) is 29.6 Å². The van der Waals surface area contributed by atoms with Gasteiger partial charge in [-0.3, -0.25) is 14.6 Å². The molecule has 27 heavy (non-hydrogen) atoms. The molecule has 4 rings (SSSR count). The number of carbonyl (C=O) groups is 1. The first kappa shape index (κ1) is 17.1. The van der Waals surface area contributed by atoms with E-state index < -0.39 is 11.3 Å². The van der Waals surface area contributed by atoms with Crippen molar-refractivity contribution in [2.24, 2.45) is 0 Å². The third-order valence-electron chi connectivity index (χ3n) is 4.99. The monoisotopic (exact) mass is 361 g/mol. The van der Waals surface area contributed by atoms with Gasteiger partial charge in [-0.05, 0) is 48.4 Å². The van der Waals surface area contributed by atoms with E-state index in [0.29, 0.717) is 5.69 Å². The lowest BCUT2D eigenvalue weighted by Crippen LogP contribution is -2.19. The average molecular weight is 361 g/mol. The van der Waals surface area contributed by atoms with E-state index in [2.05, 4.69) is 27.1 Å². The Hall–Kier alpha value is -3.28. The van der Waals surface area contributed by atoms with E-state index in [1.165, 1.54) is 11.1 Å². The van der Waals surface area contributed by atoms with Gasteiger partial charge in [0.2, 0.25) is 5.75 Å². The molecule has 0 saturated carbocycles. The topological polar surface area (TPSA) is 95.9 Å². The van der Waals surface area contributed by atoms with Gasteiger partial charge in [0, 0.05) is 12.6 Å². The Labute approximate surface area is 156 Å². The van der Waals surface area contributed by atoms with Gasteiger partial charge in [0.25, 0.3) is 5.56 Å². The SMILES string of the molecule is O=C(CC1CCCc2ccccc21)c1nc(-c2ccccn2)[nH]c(=O)c1O. The Morgan fingerprint density at radius 2 is 2.00 bits per heavy atom. The fourth-order valence-corrected chi connectivity index (χ4v) is 3.67. The van der Waals surface area contributed by atoms with Gasteiger partial charge in [0.05, 0.1) is 0 Å². The van der Waals surface area contributed by atoms with Crippen LogP contribution in [0, 0.1) is 0 Å². The second-order valence-electron chi connectivity index (χ2n) is 6.74. The van der Waals surface area contributed by atoms with Crippen molar-refractivity contribution >= 4 is 5.78 Å². The van der Waals surface area contributed by atoms with E-state index in [1.807, 2.05) is 12.1 Å². The lowest BCUT2D eigenvalue weighted by molar-refractivity contribution is 0.0963. The highest BCUT2D eigenvalue weighted by atomic mass is 16.3. The van der Waals surface area contributed by atoms with Crippen LogP contribution in [0.2, 0.25) is 0 Å². The number of nitrogens with zero attached hydrogens (tertiary/aromatic N) is 2. The highest BCUT2D eigenvalue weighted by Gasteiger charge is 2.26. The molecule has 2 aromatic heterocycles. The Morgan fingerprint density at radius 3 is 2.81 bits per heavy atom. The van der Waals surface area contributed by atoms with Crippen molar-refractivity contribution in [1.29, 1.82) is 0 Å². The van der Waals surface area contributed by atoms with Crippen molar-refractivity contribution in [3.8, 4) is 17.3 Å². The van der Waals surface area contributed by atoms with E-state index in [0.717, 1.165) is 19.3 Å². The molecule has 0 aliphatic heterocycles. The summed E-state index contributed by atoms with van der Waals surface area (Å²) in [5.74, 6) is -0.728. The lowest BCUT2D eigenvalue weighted by Gasteiger charge is -2.24. The summed E-state index contributed by atoms with van der Waals surface area (Å²) >= 11 is 0. The maximum absolute atomic E-state index is 12.9. The third kappa shape index (κ3) is 3.38. The van der Waals surface area contributed by atoms with E-state index >= 15 is 0 Å². The number of ketones is 1. The first-order chi connectivity index (χ1) is 13.1. The molecule has 2 heterocycles. The number of aromatic nitrogens is 3. The first-order valence-electron chi connectivity index (χ1n) is 8.99. The number of nitrogens with one attached hydrogen (secondary N) is 1. The van der Waals surface area contributed by atoms with Crippen molar-refractivity contribution in [2.75, 3.05) is 0 Å². The fourth-order valence-electron chi connectivity index (χ4n) is 3.67. The third-order valence-corrected chi connectivity index (χ3v) is 4.99. The molecule has 1 unspecified atom stereocenters. The van der Waals surface area contributed by atoms with Crippen LogP contribution in [0.15, 0.2) is 53.5 Å². The van der Waals surface area contributed by atoms with Crippen LogP contribution >= 0.6 is 0 Å². The number of pyridine rings is 1. The number of fused-ring (bicyclic) bond motifs is 1. The van der Waals surface area contributed by atoms with Crippen molar-refractivity contribution in [3.63, 3.8) is 0 Å². The maximum Gasteiger partial charge on any atom is 0.294 e. The molecule has 0 fully saturated rings. The van der Waals surface area contributed by atoms with Gasteiger partial charge in [-0.25, -0.2) is 4.98 Å². The standard InChI is InChI=1S/C21H19N3O3/c25-17(12-14-8-5-7-13-6-1-2-9-15(13)14)18-19(26)21(27)24-20(23-18)16-10-3-4-11-22-16/h1-4,6,9-11,14,26H,5,7-8,12H2,(H,23,24,27). The normalized spacial score (nSPS) is 15.9. The van der Waals surface area contributed by atoms with Gasteiger partial charge in [-0.2, -0.15) is 0 Å². The summed E-state index contributed by atoms with van der Waals surface area (Å²) < 4.78 is 0. The van der Waals surface area contributed by atoms with Crippen LogP contribution < -0.4 is 5.56 Å². The average Bonchev–Trinajstić information content (AvgIpc) is 2.71. The van der Waals surface area contributed by atoms with Crippen molar-refractivity contribution < 1.29 is 9.90 Å². The van der Waals surface area contributed by atoms with Crippen molar-refractivity contribution in [3.05, 3.63) is 75.8 Å². The summed E-state index contributed by atoms with van der Waals surface area (Å²) in [6.07, 6.45) is 4.72. The molecule has 1 aromatic carbocycles. The molecular weight excluding hydrogens is 342 g/mol. The number of rotatable bonds is 4. The Bertz CT molecular complexity index is 1040. The van der Waals surface area contributed by atoms with Crippen molar-refractivity contribution in [1.82, 2.24) is 15.0 Å². The van der Waals surface area contributed by atoms with Gasteiger partial charge in [0.1, 0.15) is 5.69 Å². The summed E-state index contributed by atoms with van der Waals surface area (Å²) in [5.41, 5.74) is 1.94. The number of carbonyl (C=O) groups excluding carboxylic acids is 1.